The van der Waals surface area contributed by atoms with E-state index in [9.17, 15) is 4.79 Å². The fourth-order valence-electron chi connectivity index (χ4n) is 8.24. The lowest BCUT2D eigenvalue weighted by molar-refractivity contribution is -0.178. The van der Waals surface area contributed by atoms with Gasteiger partial charge in [0, 0.05) is 11.5 Å². The topological polar surface area (TPSA) is 105 Å². The van der Waals surface area contributed by atoms with E-state index in [-0.39, 0.29) is 65.1 Å². The molecule has 4 atom stereocenters. The van der Waals surface area contributed by atoms with Gasteiger partial charge in [0.1, 0.15) is 11.3 Å². The molecular weight excluding hydrogens is 668 g/mol. The first kappa shape index (κ1) is 43.2. The highest BCUT2D eigenvalue weighted by atomic mass is 16.5. The molecule has 2 aliphatic rings. The standard InChI is InChI=1S/C45H62O8/c1-27(2)16-15-24-43(11)32(19-17-28(3)4)26-44(25-23-30(7)8)39(47)34(20-18-29(5)6)40(45(43,42(44)49)38(46)31(9)10)53-41(48)33-21-22-35(50-12)37(52-14)36(33)51-13/h16-18,21-23,31-32H,15,19-20,24-26H2,1-14H3/t32-,43+,44+,45-/m0/s1. The first-order valence-electron chi connectivity index (χ1n) is 18.7. The number of benzene rings is 1. The number of hydrogen-bond donors (Lipinski definition) is 0. The third-order valence-electron chi connectivity index (χ3n) is 11.1. The number of hydrogen-bond acceptors (Lipinski definition) is 8. The van der Waals surface area contributed by atoms with E-state index in [0.717, 1.165) is 22.3 Å². The van der Waals surface area contributed by atoms with Crippen molar-refractivity contribution in [1.29, 1.82) is 0 Å². The van der Waals surface area contributed by atoms with Crippen LogP contribution in [0.1, 0.15) is 125 Å². The van der Waals surface area contributed by atoms with E-state index in [1.54, 1.807) is 19.9 Å². The molecule has 0 amide bonds. The molecule has 2 bridgehead atoms. The molecular formula is C45H62O8. The van der Waals surface area contributed by atoms with Crippen molar-refractivity contribution in [1.82, 2.24) is 0 Å². The number of allylic oxidation sites excluding steroid dienone is 10. The van der Waals surface area contributed by atoms with Crippen molar-refractivity contribution in [3.63, 3.8) is 0 Å². The number of carbonyl (C=O) groups excluding carboxylic acids is 4. The number of methoxy groups -OCH3 is 3. The van der Waals surface area contributed by atoms with Crippen molar-refractivity contribution in [2.45, 2.75) is 115 Å². The Balaban J connectivity index is 2.65. The fraction of sp³-hybridized carbons (Fsp3) is 0.556. The number of ketones is 3. The molecule has 0 heterocycles. The highest BCUT2D eigenvalue weighted by molar-refractivity contribution is 6.28. The van der Waals surface area contributed by atoms with E-state index in [0.29, 0.717) is 25.0 Å². The Morgan fingerprint density at radius 2 is 1.40 bits per heavy atom. The molecule has 1 aromatic carbocycles. The molecule has 0 aliphatic heterocycles. The van der Waals surface area contributed by atoms with Crippen LogP contribution in [0.3, 0.4) is 0 Å². The van der Waals surface area contributed by atoms with Crippen molar-refractivity contribution >= 4 is 23.3 Å². The van der Waals surface area contributed by atoms with E-state index in [2.05, 4.69) is 12.2 Å². The average molecular weight is 731 g/mol. The Morgan fingerprint density at radius 3 is 1.91 bits per heavy atom. The average Bonchev–Trinajstić information content (AvgIpc) is 3.08. The Morgan fingerprint density at radius 1 is 0.811 bits per heavy atom. The summed E-state index contributed by atoms with van der Waals surface area (Å²) in [6, 6.07) is 3.06. The zero-order chi connectivity index (χ0) is 40.1. The van der Waals surface area contributed by atoms with Crippen LogP contribution < -0.4 is 14.2 Å². The monoisotopic (exact) mass is 730 g/mol. The molecule has 1 aromatic rings. The molecule has 0 aromatic heterocycles. The lowest BCUT2D eigenvalue weighted by Gasteiger charge is -2.61. The Hall–Kier alpha value is -4.20. The van der Waals surface area contributed by atoms with Gasteiger partial charge in [-0.1, -0.05) is 67.4 Å². The molecule has 3 rings (SSSR count). The number of esters is 1. The quantitative estimate of drug-likeness (QED) is 0.0940. The molecule has 8 nitrogen and oxygen atoms in total. The molecule has 290 valence electrons. The van der Waals surface area contributed by atoms with E-state index in [4.69, 9.17) is 18.9 Å². The van der Waals surface area contributed by atoms with E-state index >= 15 is 14.4 Å². The van der Waals surface area contributed by atoms with E-state index in [1.807, 2.05) is 74.5 Å². The van der Waals surface area contributed by atoms with Crippen LogP contribution >= 0.6 is 0 Å². The summed E-state index contributed by atoms with van der Waals surface area (Å²) in [4.78, 5) is 61.4. The van der Waals surface area contributed by atoms with Gasteiger partial charge in [0.25, 0.3) is 0 Å². The van der Waals surface area contributed by atoms with Crippen LogP contribution in [0.4, 0.5) is 0 Å². The smallest absolute Gasteiger partial charge is 0.347 e. The number of ether oxygens (including phenoxy) is 4. The van der Waals surface area contributed by atoms with Crippen LogP contribution in [-0.2, 0) is 19.1 Å². The molecule has 2 aliphatic carbocycles. The summed E-state index contributed by atoms with van der Waals surface area (Å²) in [5.74, 6) is -2.57. The number of carbonyl (C=O) groups is 4. The van der Waals surface area contributed by atoms with Crippen LogP contribution in [-0.4, -0.2) is 44.6 Å². The van der Waals surface area contributed by atoms with Crippen LogP contribution in [0.15, 0.2) is 70.1 Å². The summed E-state index contributed by atoms with van der Waals surface area (Å²) < 4.78 is 23.2. The van der Waals surface area contributed by atoms with Gasteiger partial charge in [-0.25, -0.2) is 4.79 Å². The van der Waals surface area contributed by atoms with Crippen molar-refractivity contribution in [2.75, 3.05) is 21.3 Å². The Labute approximate surface area is 317 Å². The Kier molecular flexibility index (Phi) is 14.1. The minimum atomic E-state index is -1.96. The highest BCUT2D eigenvalue weighted by Gasteiger charge is 2.76. The lowest BCUT2D eigenvalue weighted by atomic mass is 9.38. The maximum absolute atomic E-state index is 15.9. The van der Waals surface area contributed by atoms with Crippen LogP contribution in [0, 0.1) is 28.1 Å². The maximum atomic E-state index is 15.9. The predicted molar refractivity (Wildman–Crippen MR) is 210 cm³/mol. The van der Waals surface area contributed by atoms with Gasteiger partial charge in [0.2, 0.25) is 5.75 Å². The number of Topliss-reactive ketones (excluding diaryl/α,β-unsaturated/α-hetero) is 3. The van der Waals surface area contributed by atoms with Crippen molar-refractivity contribution < 1.29 is 38.1 Å². The van der Waals surface area contributed by atoms with Gasteiger partial charge in [0.05, 0.1) is 26.7 Å². The lowest BCUT2D eigenvalue weighted by Crippen LogP contribution is -2.70. The molecule has 0 unspecified atom stereocenters. The van der Waals surface area contributed by atoms with Gasteiger partial charge in [-0.05, 0) is 117 Å². The highest BCUT2D eigenvalue weighted by Crippen LogP contribution is 2.68. The van der Waals surface area contributed by atoms with Crippen LogP contribution in [0.25, 0.3) is 0 Å². The van der Waals surface area contributed by atoms with Gasteiger partial charge in [-0.15, -0.1) is 0 Å². The van der Waals surface area contributed by atoms with Crippen LogP contribution in [0.2, 0.25) is 0 Å². The van der Waals surface area contributed by atoms with E-state index in [1.165, 1.54) is 27.4 Å². The maximum Gasteiger partial charge on any atom is 0.347 e. The van der Waals surface area contributed by atoms with Gasteiger partial charge < -0.3 is 18.9 Å². The summed E-state index contributed by atoms with van der Waals surface area (Å²) in [5.41, 5.74) is -0.237. The Bertz CT molecular complexity index is 1750. The summed E-state index contributed by atoms with van der Waals surface area (Å²) in [6.07, 6.45) is 10.2. The molecule has 1 saturated carbocycles. The van der Waals surface area contributed by atoms with Crippen molar-refractivity contribution in [3.05, 3.63) is 75.6 Å². The third kappa shape index (κ3) is 8.02. The molecule has 53 heavy (non-hydrogen) atoms. The largest absolute Gasteiger partial charge is 0.493 e. The minimum Gasteiger partial charge on any atom is -0.493 e. The summed E-state index contributed by atoms with van der Waals surface area (Å²) in [5, 5.41) is 0. The number of rotatable bonds is 16. The number of fused-ring (bicyclic) bond motifs is 2. The molecule has 0 N–H and O–H groups in total. The van der Waals surface area contributed by atoms with Gasteiger partial charge >= 0.3 is 5.97 Å². The van der Waals surface area contributed by atoms with Gasteiger partial charge in [-0.3, -0.25) is 14.4 Å². The zero-order valence-electron chi connectivity index (χ0n) is 34.6. The summed E-state index contributed by atoms with van der Waals surface area (Å²) in [6.45, 7) is 21.4. The first-order valence-corrected chi connectivity index (χ1v) is 18.7. The second-order valence-electron chi connectivity index (χ2n) is 16.2. The molecule has 8 heteroatoms. The van der Waals surface area contributed by atoms with E-state index < -0.39 is 33.9 Å². The summed E-state index contributed by atoms with van der Waals surface area (Å²) >= 11 is 0. The molecule has 0 radical (unpaired) electrons. The normalized spacial score (nSPS) is 23.6. The zero-order valence-corrected chi connectivity index (χ0v) is 34.6. The molecule has 0 spiro atoms. The van der Waals surface area contributed by atoms with Crippen molar-refractivity contribution in [2.24, 2.45) is 28.1 Å². The summed E-state index contributed by atoms with van der Waals surface area (Å²) in [7, 11) is 4.31. The molecule has 1 fully saturated rings. The molecule has 0 saturated heterocycles. The van der Waals surface area contributed by atoms with Crippen molar-refractivity contribution in [3.8, 4) is 17.2 Å². The van der Waals surface area contributed by atoms with Gasteiger partial charge in [0.15, 0.2) is 34.3 Å². The first-order chi connectivity index (χ1) is 24.8. The fourth-order valence-corrected chi connectivity index (χ4v) is 8.24. The second-order valence-corrected chi connectivity index (χ2v) is 16.2. The minimum absolute atomic E-state index is 0.00391. The van der Waals surface area contributed by atoms with Gasteiger partial charge in [-0.2, -0.15) is 0 Å². The third-order valence-corrected chi connectivity index (χ3v) is 11.1. The van der Waals surface area contributed by atoms with Crippen LogP contribution in [0.5, 0.6) is 17.2 Å². The second kappa shape index (κ2) is 17.3. The SMILES string of the molecule is COc1ccc(C(=O)OC2=C(CC=C(C)C)C(=O)[C@@]3(CC=C(C)C)C[C@H](CC=C(C)C)[C@@](C)(CCC=C(C)C)[C@]2(C(=O)C(C)C)C3=O)c(OC)c1OC. The predicted octanol–water partition coefficient (Wildman–Crippen LogP) is 10.3.